The molecule has 0 aliphatic heterocycles. The van der Waals surface area contributed by atoms with Crippen LogP contribution in [0.25, 0.3) is 0 Å². The maximum atomic E-state index is 4.44. The van der Waals surface area contributed by atoms with E-state index in [1.165, 1.54) is 19.3 Å². The van der Waals surface area contributed by atoms with E-state index in [1.807, 2.05) is 25.2 Å². The van der Waals surface area contributed by atoms with E-state index in [0.717, 1.165) is 23.3 Å². The first-order valence-corrected chi connectivity index (χ1v) is 6.96. The molecule has 0 saturated heterocycles. The van der Waals surface area contributed by atoms with Crippen molar-refractivity contribution in [2.24, 2.45) is 11.8 Å². The summed E-state index contributed by atoms with van der Waals surface area (Å²) in [6.45, 7) is 4.74. The van der Waals surface area contributed by atoms with Crippen LogP contribution in [-0.4, -0.2) is 25.1 Å². The molecule has 1 heterocycles. The lowest BCUT2D eigenvalue weighted by Gasteiger charge is -2.33. The summed E-state index contributed by atoms with van der Waals surface area (Å²) in [6.07, 6.45) is 5.83. The SMILES string of the molecule is CC1CCC(Nc2ccc(N(C)C)nc2)CC1C. The molecule has 2 rings (SSSR count). The lowest BCUT2D eigenvalue weighted by atomic mass is 9.79. The van der Waals surface area contributed by atoms with Gasteiger partial charge in [0.1, 0.15) is 5.82 Å². The van der Waals surface area contributed by atoms with Crippen molar-refractivity contribution in [2.75, 3.05) is 24.3 Å². The van der Waals surface area contributed by atoms with Crippen molar-refractivity contribution in [3.63, 3.8) is 0 Å². The van der Waals surface area contributed by atoms with Gasteiger partial charge in [0.2, 0.25) is 0 Å². The molecule has 0 radical (unpaired) electrons. The fraction of sp³-hybridized carbons (Fsp3) is 0.667. The summed E-state index contributed by atoms with van der Waals surface area (Å²) >= 11 is 0. The number of anilines is 2. The van der Waals surface area contributed by atoms with Gasteiger partial charge in [0.05, 0.1) is 11.9 Å². The van der Waals surface area contributed by atoms with Crippen LogP contribution in [0.5, 0.6) is 0 Å². The Balaban J connectivity index is 1.93. The molecule has 3 heteroatoms. The van der Waals surface area contributed by atoms with E-state index in [0.29, 0.717) is 6.04 Å². The topological polar surface area (TPSA) is 28.2 Å². The van der Waals surface area contributed by atoms with Crippen LogP contribution in [0.15, 0.2) is 18.3 Å². The van der Waals surface area contributed by atoms with Crippen molar-refractivity contribution in [2.45, 2.75) is 39.2 Å². The zero-order valence-corrected chi connectivity index (χ0v) is 12.0. The van der Waals surface area contributed by atoms with Crippen LogP contribution in [0.4, 0.5) is 11.5 Å². The average molecular weight is 247 g/mol. The highest BCUT2D eigenvalue weighted by molar-refractivity contribution is 5.48. The van der Waals surface area contributed by atoms with E-state index in [4.69, 9.17) is 0 Å². The van der Waals surface area contributed by atoms with Crippen molar-refractivity contribution in [3.8, 4) is 0 Å². The van der Waals surface area contributed by atoms with Crippen LogP contribution in [0.2, 0.25) is 0 Å². The molecule has 1 aliphatic rings. The normalized spacial score (nSPS) is 27.9. The molecule has 1 N–H and O–H groups in total. The Morgan fingerprint density at radius 3 is 2.50 bits per heavy atom. The Kier molecular flexibility index (Phi) is 4.10. The number of pyridine rings is 1. The minimum absolute atomic E-state index is 0.614. The molecule has 1 aromatic heterocycles. The third-order valence-electron chi connectivity index (χ3n) is 4.18. The van der Waals surface area contributed by atoms with Gasteiger partial charge in [-0.15, -0.1) is 0 Å². The van der Waals surface area contributed by atoms with E-state index in [1.54, 1.807) is 0 Å². The molecule has 0 aromatic carbocycles. The second kappa shape index (κ2) is 5.59. The second-order valence-electron chi connectivity index (χ2n) is 5.91. The van der Waals surface area contributed by atoms with Crippen molar-refractivity contribution in [1.29, 1.82) is 0 Å². The van der Waals surface area contributed by atoms with Gasteiger partial charge >= 0.3 is 0 Å². The third kappa shape index (κ3) is 3.15. The van der Waals surface area contributed by atoms with E-state index in [9.17, 15) is 0 Å². The van der Waals surface area contributed by atoms with Gasteiger partial charge in [0, 0.05) is 20.1 Å². The minimum atomic E-state index is 0.614. The first kappa shape index (κ1) is 13.2. The molecule has 3 unspecified atom stereocenters. The summed E-state index contributed by atoms with van der Waals surface area (Å²) in [7, 11) is 4.03. The minimum Gasteiger partial charge on any atom is -0.381 e. The van der Waals surface area contributed by atoms with Gasteiger partial charge in [-0.25, -0.2) is 4.98 Å². The zero-order valence-electron chi connectivity index (χ0n) is 12.0. The Labute approximate surface area is 111 Å². The highest BCUT2D eigenvalue weighted by atomic mass is 15.1. The van der Waals surface area contributed by atoms with Gasteiger partial charge in [0.15, 0.2) is 0 Å². The van der Waals surface area contributed by atoms with Gasteiger partial charge in [-0.2, -0.15) is 0 Å². The third-order valence-corrected chi connectivity index (χ3v) is 4.18. The van der Waals surface area contributed by atoms with Gasteiger partial charge in [-0.1, -0.05) is 13.8 Å². The molecule has 0 bridgehead atoms. The lowest BCUT2D eigenvalue weighted by Crippen LogP contribution is -2.30. The largest absolute Gasteiger partial charge is 0.381 e. The monoisotopic (exact) mass is 247 g/mol. The van der Waals surface area contributed by atoms with Crippen LogP contribution >= 0.6 is 0 Å². The van der Waals surface area contributed by atoms with Crippen LogP contribution in [0, 0.1) is 11.8 Å². The molecule has 3 nitrogen and oxygen atoms in total. The second-order valence-corrected chi connectivity index (χ2v) is 5.91. The summed E-state index contributed by atoms with van der Waals surface area (Å²) in [5.74, 6) is 2.70. The number of rotatable bonds is 3. The quantitative estimate of drug-likeness (QED) is 0.887. The van der Waals surface area contributed by atoms with E-state index in [2.05, 4.69) is 36.3 Å². The number of aromatic nitrogens is 1. The molecule has 3 atom stereocenters. The number of hydrogen-bond donors (Lipinski definition) is 1. The Morgan fingerprint density at radius 2 is 1.94 bits per heavy atom. The molecule has 18 heavy (non-hydrogen) atoms. The maximum Gasteiger partial charge on any atom is 0.128 e. The molecular formula is C15H25N3. The highest BCUT2D eigenvalue weighted by Gasteiger charge is 2.24. The highest BCUT2D eigenvalue weighted by Crippen LogP contribution is 2.31. The molecule has 0 spiro atoms. The molecule has 1 aliphatic carbocycles. The molecule has 1 saturated carbocycles. The van der Waals surface area contributed by atoms with Crippen LogP contribution in [0.1, 0.15) is 33.1 Å². The number of nitrogens with one attached hydrogen (secondary N) is 1. The number of hydrogen-bond acceptors (Lipinski definition) is 3. The van der Waals surface area contributed by atoms with Gasteiger partial charge in [0.25, 0.3) is 0 Å². The average Bonchev–Trinajstić information content (AvgIpc) is 2.34. The van der Waals surface area contributed by atoms with Crippen molar-refractivity contribution in [1.82, 2.24) is 4.98 Å². The van der Waals surface area contributed by atoms with Gasteiger partial charge in [-0.3, -0.25) is 0 Å². The van der Waals surface area contributed by atoms with Crippen LogP contribution < -0.4 is 10.2 Å². The van der Waals surface area contributed by atoms with Crippen LogP contribution in [0.3, 0.4) is 0 Å². The summed E-state index contributed by atoms with van der Waals surface area (Å²) in [6, 6.07) is 4.81. The van der Waals surface area contributed by atoms with Crippen molar-refractivity contribution < 1.29 is 0 Å². The molecule has 1 fully saturated rings. The summed E-state index contributed by atoms with van der Waals surface area (Å²) in [4.78, 5) is 6.46. The lowest BCUT2D eigenvalue weighted by molar-refractivity contribution is 0.261. The standard InChI is InChI=1S/C15H25N3/c1-11-5-6-13(9-12(11)2)17-14-7-8-15(16-10-14)18(3)4/h7-8,10-13,17H,5-6,9H2,1-4H3. The summed E-state index contributed by atoms with van der Waals surface area (Å²) in [5.41, 5.74) is 1.15. The van der Waals surface area contributed by atoms with Crippen LogP contribution in [-0.2, 0) is 0 Å². The fourth-order valence-corrected chi connectivity index (χ4v) is 2.65. The molecule has 1 aromatic rings. The predicted molar refractivity (Wildman–Crippen MR) is 78.2 cm³/mol. The van der Waals surface area contributed by atoms with E-state index < -0.39 is 0 Å². The van der Waals surface area contributed by atoms with E-state index in [-0.39, 0.29) is 0 Å². The van der Waals surface area contributed by atoms with Crippen molar-refractivity contribution in [3.05, 3.63) is 18.3 Å². The Hall–Kier alpha value is -1.25. The summed E-state index contributed by atoms with van der Waals surface area (Å²) in [5, 5.41) is 3.62. The van der Waals surface area contributed by atoms with Crippen molar-refractivity contribution >= 4 is 11.5 Å². The fourth-order valence-electron chi connectivity index (χ4n) is 2.65. The number of nitrogens with zero attached hydrogens (tertiary/aromatic N) is 2. The van der Waals surface area contributed by atoms with E-state index >= 15 is 0 Å². The molecule has 0 amide bonds. The Bertz CT molecular complexity index is 372. The van der Waals surface area contributed by atoms with Gasteiger partial charge in [-0.05, 0) is 43.2 Å². The zero-order chi connectivity index (χ0) is 13.1. The molecular weight excluding hydrogens is 222 g/mol. The maximum absolute atomic E-state index is 4.44. The smallest absolute Gasteiger partial charge is 0.128 e. The summed E-state index contributed by atoms with van der Waals surface area (Å²) < 4.78 is 0. The Morgan fingerprint density at radius 1 is 1.17 bits per heavy atom. The van der Waals surface area contributed by atoms with Gasteiger partial charge < -0.3 is 10.2 Å². The predicted octanol–water partition coefficient (Wildman–Crippen LogP) is 3.38. The molecule has 100 valence electrons. The first-order valence-electron chi connectivity index (χ1n) is 6.96. The first-order chi connectivity index (χ1) is 8.56.